The highest BCUT2D eigenvalue weighted by atomic mass is 16.2. The SMILES string of the molecule is Cc1ccc(N(Cc2cc3cccc(C)c3[nH]c2=O)C(=O)c2ccccc2C)c(C)c1. The number of hydrogen-bond acceptors (Lipinski definition) is 2. The molecule has 0 aliphatic carbocycles. The second-order valence-electron chi connectivity index (χ2n) is 8.16. The van der Waals surface area contributed by atoms with Crippen LogP contribution >= 0.6 is 0 Å². The summed E-state index contributed by atoms with van der Waals surface area (Å²) in [5.41, 5.74) is 6.71. The van der Waals surface area contributed by atoms with Crippen molar-refractivity contribution >= 4 is 22.5 Å². The molecule has 0 aliphatic rings. The molecule has 0 saturated heterocycles. The monoisotopic (exact) mass is 410 g/mol. The molecule has 4 rings (SSSR count). The number of fused-ring (bicyclic) bond motifs is 1. The fourth-order valence-electron chi connectivity index (χ4n) is 4.05. The number of rotatable bonds is 4. The van der Waals surface area contributed by atoms with Gasteiger partial charge in [0, 0.05) is 16.8 Å². The van der Waals surface area contributed by atoms with Crippen LogP contribution in [0.5, 0.6) is 0 Å². The van der Waals surface area contributed by atoms with Gasteiger partial charge < -0.3 is 9.88 Å². The van der Waals surface area contributed by atoms with E-state index < -0.39 is 0 Å². The molecule has 0 aliphatic heterocycles. The molecular formula is C27H26N2O2. The van der Waals surface area contributed by atoms with Gasteiger partial charge in [-0.2, -0.15) is 0 Å². The van der Waals surface area contributed by atoms with Gasteiger partial charge in [-0.1, -0.05) is 54.1 Å². The molecule has 0 spiro atoms. The van der Waals surface area contributed by atoms with Gasteiger partial charge in [-0.3, -0.25) is 9.59 Å². The number of carbonyl (C=O) groups is 1. The molecule has 31 heavy (non-hydrogen) atoms. The Morgan fingerprint density at radius 2 is 1.58 bits per heavy atom. The van der Waals surface area contributed by atoms with Gasteiger partial charge in [0.2, 0.25) is 0 Å². The van der Waals surface area contributed by atoms with Crippen LogP contribution < -0.4 is 10.5 Å². The van der Waals surface area contributed by atoms with Gasteiger partial charge in [0.15, 0.2) is 0 Å². The van der Waals surface area contributed by atoms with Crippen LogP contribution in [0, 0.1) is 27.7 Å². The molecule has 1 N–H and O–H groups in total. The second-order valence-corrected chi connectivity index (χ2v) is 8.16. The summed E-state index contributed by atoms with van der Waals surface area (Å²) in [4.78, 5) is 31.3. The van der Waals surface area contributed by atoms with E-state index in [1.165, 1.54) is 0 Å². The van der Waals surface area contributed by atoms with Crippen LogP contribution in [0.4, 0.5) is 5.69 Å². The molecule has 1 amide bonds. The van der Waals surface area contributed by atoms with Crippen molar-refractivity contribution in [1.29, 1.82) is 0 Å². The molecule has 3 aromatic carbocycles. The highest BCUT2D eigenvalue weighted by molar-refractivity contribution is 6.07. The minimum absolute atomic E-state index is 0.117. The van der Waals surface area contributed by atoms with E-state index in [4.69, 9.17) is 0 Å². The Morgan fingerprint density at radius 1 is 0.839 bits per heavy atom. The van der Waals surface area contributed by atoms with Gasteiger partial charge in [0.1, 0.15) is 0 Å². The third-order valence-electron chi connectivity index (χ3n) is 5.76. The molecule has 1 heterocycles. The minimum Gasteiger partial charge on any atom is -0.321 e. The third kappa shape index (κ3) is 4.02. The van der Waals surface area contributed by atoms with E-state index in [1.807, 2.05) is 88.4 Å². The van der Waals surface area contributed by atoms with Crippen LogP contribution in [0.1, 0.15) is 38.2 Å². The zero-order valence-electron chi connectivity index (χ0n) is 18.3. The highest BCUT2D eigenvalue weighted by Gasteiger charge is 2.22. The van der Waals surface area contributed by atoms with Crippen LogP contribution in [0.15, 0.2) is 71.5 Å². The lowest BCUT2D eigenvalue weighted by molar-refractivity contribution is 0.0984. The molecule has 0 fully saturated rings. The summed E-state index contributed by atoms with van der Waals surface area (Å²) in [6.07, 6.45) is 0. The molecule has 0 saturated carbocycles. The maximum Gasteiger partial charge on any atom is 0.258 e. The Hall–Kier alpha value is -3.66. The van der Waals surface area contributed by atoms with Crippen molar-refractivity contribution in [3.63, 3.8) is 0 Å². The summed E-state index contributed by atoms with van der Waals surface area (Å²) in [6.45, 7) is 8.12. The summed E-state index contributed by atoms with van der Waals surface area (Å²) >= 11 is 0. The van der Waals surface area contributed by atoms with Crippen LogP contribution in [-0.4, -0.2) is 10.9 Å². The Labute approximate surface area is 182 Å². The van der Waals surface area contributed by atoms with E-state index in [9.17, 15) is 9.59 Å². The number of amides is 1. The van der Waals surface area contributed by atoms with Crippen molar-refractivity contribution in [3.8, 4) is 0 Å². The van der Waals surface area contributed by atoms with Crippen molar-refractivity contribution < 1.29 is 4.79 Å². The van der Waals surface area contributed by atoms with Gasteiger partial charge in [0.25, 0.3) is 11.5 Å². The third-order valence-corrected chi connectivity index (χ3v) is 5.76. The van der Waals surface area contributed by atoms with Gasteiger partial charge in [-0.15, -0.1) is 0 Å². The quantitative estimate of drug-likeness (QED) is 0.475. The first-order chi connectivity index (χ1) is 14.8. The zero-order chi connectivity index (χ0) is 22.1. The lowest BCUT2D eigenvalue weighted by Crippen LogP contribution is -2.33. The van der Waals surface area contributed by atoms with E-state index in [1.54, 1.807) is 4.90 Å². The van der Waals surface area contributed by atoms with Crippen molar-refractivity contribution in [1.82, 2.24) is 4.98 Å². The number of aromatic nitrogens is 1. The molecule has 156 valence electrons. The number of pyridine rings is 1. The summed E-state index contributed by atoms with van der Waals surface area (Å²) in [5, 5.41) is 0.957. The number of benzene rings is 3. The van der Waals surface area contributed by atoms with Crippen molar-refractivity contribution in [2.24, 2.45) is 0 Å². The summed E-state index contributed by atoms with van der Waals surface area (Å²) in [6, 6.07) is 21.4. The first-order valence-corrected chi connectivity index (χ1v) is 10.4. The van der Waals surface area contributed by atoms with Crippen molar-refractivity contribution in [2.45, 2.75) is 34.2 Å². The number of hydrogen-bond donors (Lipinski definition) is 1. The largest absolute Gasteiger partial charge is 0.321 e. The molecule has 4 nitrogen and oxygen atoms in total. The van der Waals surface area contributed by atoms with Gasteiger partial charge in [0.05, 0.1) is 12.1 Å². The van der Waals surface area contributed by atoms with Gasteiger partial charge in [-0.05, 0) is 68.0 Å². The van der Waals surface area contributed by atoms with E-state index in [2.05, 4.69) is 11.1 Å². The molecular weight excluding hydrogens is 384 g/mol. The molecule has 0 radical (unpaired) electrons. The molecule has 0 atom stereocenters. The number of aryl methyl sites for hydroxylation is 4. The van der Waals surface area contributed by atoms with E-state index >= 15 is 0 Å². The molecule has 4 heteroatoms. The number of anilines is 1. The predicted octanol–water partition coefficient (Wildman–Crippen LogP) is 5.61. The zero-order valence-corrected chi connectivity index (χ0v) is 18.3. The lowest BCUT2D eigenvalue weighted by Gasteiger charge is -2.25. The number of nitrogens with zero attached hydrogens (tertiary/aromatic N) is 1. The Kier molecular flexibility index (Phi) is 5.47. The van der Waals surface area contributed by atoms with Crippen LogP contribution in [0.25, 0.3) is 10.9 Å². The van der Waals surface area contributed by atoms with Crippen LogP contribution in [-0.2, 0) is 6.54 Å². The predicted molar refractivity (Wildman–Crippen MR) is 127 cm³/mol. The normalized spacial score (nSPS) is 11.0. The molecule has 4 aromatic rings. The summed E-state index contributed by atoms with van der Waals surface area (Å²) in [7, 11) is 0. The fourth-order valence-corrected chi connectivity index (χ4v) is 4.05. The van der Waals surface area contributed by atoms with Gasteiger partial charge >= 0.3 is 0 Å². The fraction of sp³-hybridized carbons (Fsp3) is 0.185. The number of carbonyl (C=O) groups excluding carboxylic acids is 1. The van der Waals surface area contributed by atoms with Crippen LogP contribution in [0.2, 0.25) is 0 Å². The Balaban J connectivity index is 1.84. The van der Waals surface area contributed by atoms with Crippen LogP contribution in [0.3, 0.4) is 0 Å². The highest BCUT2D eigenvalue weighted by Crippen LogP contribution is 2.26. The van der Waals surface area contributed by atoms with Crippen molar-refractivity contribution in [3.05, 3.63) is 110 Å². The topological polar surface area (TPSA) is 53.2 Å². The minimum atomic E-state index is -0.172. The number of nitrogens with one attached hydrogen (secondary N) is 1. The second kappa shape index (κ2) is 8.23. The van der Waals surface area contributed by atoms with E-state index in [-0.39, 0.29) is 18.0 Å². The maximum absolute atomic E-state index is 13.7. The standard InChI is InChI=1S/C27H26N2O2/c1-17-12-13-24(20(4)14-17)29(27(31)23-11-6-5-8-18(23)2)16-22-15-21-10-7-9-19(3)25(21)28-26(22)30/h5-15H,16H2,1-4H3,(H,28,30). The Morgan fingerprint density at radius 3 is 2.32 bits per heavy atom. The lowest BCUT2D eigenvalue weighted by atomic mass is 10.0. The molecule has 1 aromatic heterocycles. The first kappa shape index (κ1) is 20.6. The number of aromatic amines is 1. The maximum atomic E-state index is 13.7. The molecule has 0 bridgehead atoms. The smallest absolute Gasteiger partial charge is 0.258 e. The average molecular weight is 411 g/mol. The Bertz CT molecular complexity index is 1350. The summed E-state index contributed by atoms with van der Waals surface area (Å²) in [5.74, 6) is -0.117. The molecule has 0 unspecified atom stereocenters. The number of para-hydroxylation sites is 1. The summed E-state index contributed by atoms with van der Waals surface area (Å²) < 4.78 is 0. The average Bonchev–Trinajstić information content (AvgIpc) is 2.73. The van der Waals surface area contributed by atoms with E-state index in [0.29, 0.717) is 11.1 Å². The van der Waals surface area contributed by atoms with Crippen molar-refractivity contribution in [2.75, 3.05) is 4.90 Å². The van der Waals surface area contributed by atoms with E-state index in [0.717, 1.165) is 38.8 Å². The first-order valence-electron chi connectivity index (χ1n) is 10.4. The van der Waals surface area contributed by atoms with Gasteiger partial charge in [-0.25, -0.2) is 0 Å². The number of H-pyrrole nitrogens is 1.